The lowest BCUT2D eigenvalue weighted by Crippen LogP contribution is -2.16. The fraction of sp³-hybridized carbons (Fsp3) is 0.400. The van der Waals surface area contributed by atoms with E-state index in [0.717, 1.165) is 53.2 Å². The lowest BCUT2D eigenvalue weighted by atomic mass is 10.2. The quantitative estimate of drug-likeness (QED) is 0.496. The number of methoxy groups -OCH3 is 1. The molecule has 144 valence electrons. The fourth-order valence-electron chi connectivity index (χ4n) is 2.43. The topological polar surface area (TPSA) is 39.7 Å². The number of nitrogens with one attached hydrogen (secondary N) is 1. The number of hydrogen-bond acceptors (Lipinski definition) is 4. The third-order valence-electron chi connectivity index (χ3n) is 3.63. The van der Waals surface area contributed by atoms with Crippen LogP contribution in [0, 0.1) is 0 Å². The highest BCUT2D eigenvalue weighted by atomic mass is 79.9. The molecule has 0 unspecified atom stereocenters. The summed E-state index contributed by atoms with van der Waals surface area (Å²) in [5.74, 6) is 1.51. The summed E-state index contributed by atoms with van der Waals surface area (Å²) in [6.07, 6.45) is 0.994. The van der Waals surface area contributed by atoms with Gasteiger partial charge in [0.2, 0.25) is 0 Å². The third-order valence-corrected chi connectivity index (χ3v) is 4.22. The Morgan fingerprint density at radius 1 is 1.04 bits per heavy atom. The maximum atomic E-state index is 6.01. The molecule has 0 amide bonds. The van der Waals surface area contributed by atoms with Crippen molar-refractivity contribution < 1.29 is 14.2 Å². The predicted molar refractivity (Wildman–Crippen MR) is 112 cm³/mol. The number of halogens is 2. The number of ether oxygens (including phenoxy) is 3. The van der Waals surface area contributed by atoms with Crippen molar-refractivity contribution in [3.05, 3.63) is 58.1 Å². The molecule has 0 saturated heterocycles. The molecule has 0 saturated carbocycles. The van der Waals surface area contributed by atoms with Crippen molar-refractivity contribution in [2.24, 2.45) is 0 Å². The molecule has 0 atom stereocenters. The molecular weight excluding hydrogens is 418 g/mol. The summed E-state index contributed by atoms with van der Waals surface area (Å²) in [6, 6.07) is 14.2. The minimum Gasteiger partial charge on any atom is -0.490 e. The van der Waals surface area contributed by atoms with E-state index in [2.05, 4.69) is 27.3 Å². The molecule has 0 bridgehead atoms. The molecule has 2 aromatic carbocycles. The van der Waals surface area contributed by atoms with Crippen molar-refractivity contribution >= 4 is 28.3 Å². The Morgan fingerprint density at radius 3 is 2.50 bits per heavy atom. The van der Waals surface area contributed by atoms with E-state index in [9.17, 15) is 0 Å². The molecule has 0 fully saturated rings. The van der Waals surface area contributed by atoms with Crippen molar-refractivity contribution in [3.63, 3.8) is 0 Å². The Bertz CT molecular complexity index is 640. The maximum Gasteiger partial charge on any atom is 0.175 e. The van der Waals surface area contributed by atoms with Gasteiger partial charge in [-0.15, -0.1) is 12.4 Å². The summed E-state index contributed by atoms with van der Waals surface area (Å²) in [5.41, 5.74) is 2.28. The van der Waals surface area contributed by atoms with Gasteiger partial charge in [-0.3, -0.25) is 0 Å². The van der Waals surface area contributed by atoms with Gasteiger partial charge in [-0.05, 0) is 59.1 Å². The molecule has 0 heterocycles. The summed E-state index contributed by atoms with van der Waals surface area (Å²) in [6.45, 7) is 5.55. The number of benzene rings is 2. The molecule has 4 nitrogen and oxygen atoms in total. The molecule has 0 aliphatic rings. The van der Waals surface area contributed by atoms with Crippen LogP contribution in [-0.2, 0) is 17.9 Å². The monoisotopic (exact) mass is 443 g/mol. The Balaban J connectivity index is 0.00000338. The van der Waals surface area contributed by atoms with Crippen LogP contribution in [-0.4, -0.2) is 26.9 Å². The highest BCUT2D eigenvalue weighted by molar-refractivity contribution is 9.10. The SMILES string of the molecule is CCOc1cc(CNCCCOC)cc(Br)c1OCc1ccccc1.Cl. The molecule has 2 aromatic rings. The van der Waals surface area contributed by atoms with Gasteiger partial charge in [-0.1, -0.05) is 30.3 Å². The zero-order valence-electron chi connectivity index (χ0n) is 15.3. The minimum absolute atomic E-state index is 0. The summed E-state index contributed by atoms with van der Waals surface area (Å²) >= 11 is 3.62. The standard InChI is InChI=1S/C20H26BrNO3.ClH/c1-3-24-19-13-17(14-22-10-7-11-23-2)12-18(21)20(19)25-15-16-8-5-4-6-9-16;/h4-6,8-9,12-13,22H,3,7,10-11,14-15H2,1-2H3;1H. The van der Waals surface area contributed by atoms with Crippen LogP contribution in [0.25, 0.3) is 0 Å². The van der Waals surface area contributed by atoms with Crippen molar-refractivity contribution in [3.8, 4) is 11.5 Å². The second-order valence-electron chi connectivity index (χ2n) is 5.64. The molecule has 6 heteroatoms. The van der Waals surface area contributed by atoms with Gasteiger partial charge >= 0.3 is 0 Å². The van der Waals surface area contributed by atoms with E-state index in [0.29, 0.717) is 13.2 Å². The normalized spacial score (nSPS) is 10.3. The van der Waals surface area contributed by atoms with Crippen LogP contribution in [0.1, 0.15) is 24.5 Å². The van der Waals surface area contributed by atoms with Crippen molar-refractivity contribution in [1.82, 2.24) is 5.32 Å². The highest BCUT2D eigenvalue weighted by Crippen LogP contribution is 2.37. The van der Waals surface area contributed by atoms with Gasteiger partial charge < -0.3 is 19.5 Å². The molecule has 0 aliphatic carbocycles. The van der Waals surface area contributed by atoms with Crippen LogP contribution < -0.4 is 14.8 Å². The molecule has 2 rings (SSSR count). The van der Waals surface area contributed by atoms with E-state index in [-0.39, 0.29) is 12.4 Å². The fourth-order valence-corrected chi connectivity index (χ4v) is 3.03. The van der Waals surface area contributed by atoms with Crippen LogP contribution in [0.3, 0.4) is 0 Å². The number of hydrogen-bond donors (Lipinski definition) is 1. The Hall–Kier alpha value is -1.27. The zero-order valence-corrected chi connectivity index (χ0v) is 17.7. The van der Waals surface area contributed by atoms with Gasteiger partial charge in [-0.25, -0.2) is 0 Å². The van der Waals surface area contributed by atoms with Crippen molar-refractivity contribution in [2.75, 3.05) is 26.9 Å². The molecule has 0 aromatic heterocycles. The summed E-state index contributed by atoms with van der Waals surface area (Å²) in [7, 11) is 1.72. The largest absolute Gasteiger partial charge is 0.490 e. The van der Waals surface area contributed by atoms with Gasteiger partial charge in [0.05, 0.1) is 11.1 Å². The van der Waals surface area contributed by atoms with Crippen LogP contribution >= 0.6 is 28.3 Å². The third kappa shape index (κ3) is 7.54. The van der Waals surface area contributed by atoms with Gasteiger partial charge in [-0.2, -0.15) is 0 Å². The Morgan fingerprint density at radius 2 is 1.81 bits per heavy atom. The van der Waals surface area contributed by atoms with Gasteiger partial charge in [0.25, 0.3) is 0 Å². The second kappa shape index (κ2) is 13.0. The number of rotatable bonds is 11. The Labute approximate surface area is 170 Å². The maximum absolute atomic E-state index is 6.01. The summed E-state index contributed by atoms with van der Waals surface area (Å²) in [5, 5.41) is 3.41. The summed E-state index contributed by atoms with van der Waals surface area (Å²) in [4.78, 5) is 0. The van der Waals surface area contributed by atoms with Gasteiger partial charge in [0, 0.05) is 20.3 Å². The van der Waals surface area contributed by atoms with Gasteiger partial charge in [0.1, 0.15) is 6.61 Å². The van der Waals surface area contributed by atoms with E-state index in [1.807, 2.05) is 43.3 Å². The predicted octanol–water partition coefficient (Wildman–Crippen LogP) is 4.97. The summed E-state index contributed by atoms with van der Waals surface area (Å²) < 4.78 is 17.8. The molecule has 0 radical (unpaired) electrons. The van der Waals surface area contributed by atoms with E-state index in [1.165, 1.54) is 0 Å². The lowest BCUT2D eigenvalue weighted by molar-refractivity contribution is 0.194. The van der Waals surface area contributed by atoms with Gasteiger partial charge in [0.15, 0.2) is 11.5 Å². The van der Waals surface area contributed by atoms with E-state index in [4.69, 9.17) is 14.2 Å². The molecule has 0 aliphatic heterocycles. The average Bonchev–Trinajstić information content (AvgIpc) is 2.62. The second-order valence-corrected chi connectivity index (χ2v) is 6.49. The molecular formula is C20H27BrClNO3. The van der Waals surface area contributed by atoms with Crippen molar-refractivity contribution in [1.29, 1.82) is 0 Å². The first kappa shape index (κ1) is 22.8. The molecule has 1 N–H and O–H groups in total. The van der Waals surface area contributed by atoms with Crippen molar-refractivity contribution in [2.45, 2.75) is 26.5 Å². The van der Waals surface area contributed by atoms with Crippen LogP contribution in [0.4, 0.5) is 0 Å². The molecule has 26 heavy (non-hydrogen) atoms. The van der Waals surface area contributed by atoms with E-state index in [1.54, 1.807) is 7.11 Å². The first-order chi connectivity index (χ1) is 12.2. The highest BCUT2D eigenvalue weighted by Gasteiger charge is 2.12. The van der Waals surface area contributed by atoms with Crippen LogP contribution in [0.5, 0.6) is 11.5 Å². The first-order valence-corrected chi connectivity index (χ1v) is 9.35. The molecule has 0 spiro atoms. The minimum atomic E-state index is 0. The van der Waals surface area contributed by atoms with E-state index >= 15 is 0 Å². The van der Waals surface area contributed by atoms with Crippen LogP contribution in [0.15, 0.2) is 46.9 Å². The zero-order chi connectivity index (χ0) is 17.9. The first-order valence-electron chi connectivity index (χ1n) is 8.56. The Kier molecular flexibility index (Phi) is 11.4. The average molecular weight is 445 g/mol. The lowest BCUT2D eigenvalue weighted by Gasteiger charge is -2.16. The van der Waals surface area contributed by atoms with E-state index < -0.39 is 0 Å². The smallest absolute Gasteiger partial charge is 0.175 e. The van der Waals surface area contributed by atoms with Crippen LogP contribution in [0.2, 0.25) is 0 Å².